The maximum atomic E-state index is 10.8. The van der Waals surface area contributed by atoms with Gasteiger partial charge < -0.3 is 9.73 Å². The summed E-state index contributed by atoms with van der Waals surface area (Å²) in [4.78, 5) is 19.5. The van der Waals surface area contributed by atoms with Crippen LogP contribution in [0.4, 0.5) is 11.5 Å². The van der Waals surface area contributed by atoms with E-state index >= 15 is 0 Å². The second kappa shape index (κ2) is 6.54. The van der Waals surface area contributed by atoms with Crippen molar-refractivity contribution >= 4 is 28.7 Å². The summed E-state index contributed by atoms with van der Waals surface area (Å²) in [6.45, 7) is 0. The number of nitrogens with zero attached hydrogens (tertiary/aromatic N) is 2. The quantitative estimate of drug-likeness (QED) is 0.440. The molecule has 4 rings (SSSR count). The van der Waals surface area contributed by atoms with E-state index in [2.05, 4.69) is 21.2 Å². The predicted molar refractivity (Wildman–Crippen MR) is 100 cm³/mol. The van der Waals surface area contributed by atoms with E-state index in [1.807, 2.05) is 42.5 Å². The number of hydrogen-bond acceptors (Lipinski definition) is 5. The normalized spacial score (nSPS) is 10.4. The monoisotopic (exact) mass is 339 g/mol. The third-order valence-electron chi connectivity index (χ3n) is 3.95. The zero-order chi connectivity index (χ0) is 17.9. The highest BCUT2D eigenvalue weighted by atomic mass is 16.3. The second-order valence-corrected chi connectivity index (χ2v) is 5.62. The molecule has 0 saturated carbocycles. The first-order chi connectivity index (χ1) is 12.8. The zero-order valence-corrected chi connectivity index (χ0v) is 13.6. The summed E-state index contributed by atoms with van der Waals surface area (Å²) in [5.74, 6) is 4.17. The van der Waals surface area contributed by atoms with Crippen LogP contribution in [0.1, 0.15) is 16.1 Å². The van der Waals surface area contributed by atoms with Crippen LogP contribution in [-0.4, -0.2) is 16.3 Å². The van der Waals surface area contributed by atoms with Gasteiger partial charge in [0.1, 0.15) is 17.9 Å². The topological polar surface area (TPSA) is 68.0 Å². The van der Waals surface area contributed by atoms with Crippen molar-refractivity contribution in [3.8, 4) is 23.7 Å². The Labute approximate surface area is 149 Å². The second-order valence-electron chi connectivity index (χ2n) is 5.62. The van der Waals surface area contributed by atoms with Gasteiger partial charge in [-0.25, -0.2) is 9.97 Å². The molecule has 2 heterocycles. The molecular weight excluding hydrogens is 326 g/mol. The van der Waals surface area contributed by atoms with Crippen molar-refractivity contribution in [3.05, 3.63) is 72.2 Å². The van der Waals surface area contributed by atoms with E-state index < -0.39 is 0 Å². The molecule has 0 atom stereocenters. The minimum atomic E-state index is 0.286. The number of anilines is 2. The molecule has 2 aromatic heterocycles. The van der Waals surface area contributed by atoms with Crippen LogP contribution in [0.3, 0.4) is 0 Å². The Balaban J connectivity index is 1.78. The summed E-state index contributed by atoms with van der Waals surface area (Å²) in [6, 6.07) is 16.7. The van der Waals surface area contributed by atoms with Gasteiger partial charge in [0, 0.05) is 22.2 Å². The highest BCUT2D eigenvalue weighted by Crippen LogP contribution is 2.29. The average molecular weight is 339 g/mol. The molecule has 0 radical (unpaired) electrons. The van der Waals surface area contributed by atoms with Gasteiger partial charge in [0.15, 0.2) is 12.0 Å². The highest BCUT2D eigenvalue weighted by molar-refractivity contribution is 5.93. The number of nitrogens with one attached hydrogen (secondary N) is 1. The lowest BCUT2D eigenvalue weighted by atomic mass is 10.1. The van der Waals surface area contributed by atoms with Crippen molar-refractivity contribution in [1.29, 1.82) is 0 Å². The van der Waals surface area contributed by atoms with Crippen LogP contribution in [0.15, 0.2) is 65.3 Å². The highest BCUT2D eigenvalue weighted by Gasteiger charge is 2.09. The van der Waals surface area contributed by atoms with Gasteiger partial charge in [-0.1, -0.05) is 12.0 Å². The standard InChI is InChI=1S/C21H13N3O2/c1-2-14-4-3-5-16(10-14)24-21-18-11-15(6-8-19(18)22-13-23-21)20-9-7-17(12-25)26-20/h1,3-13H,(H,22,23,24). The number of rotatable bonds is 4. The molecule has 0 bridgehead atoms. The SMILES string of the molecule is C#Cc1cccc(Nc2ncnc3ccc(-c4ccc(C=O)o4)cc23)c1. The van der Waals surface area contributed by atoms with Crippen molar-refractivity contribution in [2.24, 2.45) is 0 Å². The fourth-order valence-corrected chi connectivity index (χ4v) is 2.70. The lowest BCUT2D eigenvalue weighted by molar-refractivity contribution is 0.110. The van der Waals surface area contributed by atoms with Crippen LogP contribution in [-0.2, 0) is 0 Å². The molecule has 1 N–H and O–H groups in total. The van der Waals surface area contributed by atoms with Gasteiger partial charge in [0.05, 0.1) is 5.52 Å². The molecule has 0 fully saturated rings. The third kappa shape index (κ3) is 2.92. The number of terminal acetylenes is 1. The summed E-state index contributed by atoms with van der Waals surface area (Å²) in [7, 11) is 0. The van der Waals surface area contributed by atoms with Crippen molar-refractivity contribution < 1.29 is 9.21 Å². The number of aromatic nitrogens is 2. The number of benzene rings is 2. The minimum absolute atomic E-state index is 0.286. The lowest BCUT2D eigenvalue weighted by Crippen LogP contribution is -1.96. The van der Waals surface area contributed by atoms with E-state index in [1.54, 1.807) is 12.1 Å². The number of carbonyl (C=O) groups is 1. The Morgan fingerprint density at radius 2 is 2.00 bits per heavy atom. The molecule has 0 unspecified atom stereocenters. The summed E-state index contributed by atoms with van der Waals surface area (Å²) in [6.07, 6.45) is 7.65. The largest absolute Gasteiger partial charge is 0.453 e. The van der Waals surface area contributed by atoms with E-state index in [-0.39, 0.29) is 5.76 Å². The van der Waals surface area contributed by atoms with Crippen molar-refractivity contribution in [2.45, 2.75) is 0 Å². The van der Waals surface area contributed by atoms with Crippen LogP contribution in [0.5, 0.6) is 0 Å². The Hall–Kier alpha value is -3.91. The third-order valence-corrected chi connectivity index (χ3v) is 3.95. The Morgan fingerprint density at radius 3 is 2.81 bits per heavy atom. The van der Waals surface area contributed by atoms with Gasteiger partial charge in [-0.2, -0.15) is 0 Å². The molecule has 0 aliphatic carbocycles. The fraction of sp³-hybridized carbons (Fsp3) is 0. The predicted octanol–water partition coefficient (Wildman–Crippen LogP) is 4.43. The first-order valence-corrected chi connectivity index (χ1v) is 7.90. The molecule has 0 spiro atoms. The number of aldehydes is 1. The molecule has 2 aromatic carbocycles. The molecule has 124 valence electrons. The maximum Gasteiger partial charge on any atom is 0.185 e. The first kappa shape index (κ1) is 15.6. The fourth-order valence-electron chi connectivity index (χ4n) is 2.70. The van der Waals surface area contributed by atoms with E-state index in [9.17, 15) is 4.79 Å². The number of carbonyl (C=O) groups excluding carboxylic acids is 1. The lowest BCUT2D eigenvalue weighted by Gasteiger charge is -2.09. The van der Waals surface area contributed by atoms with E-state index in [1.165, 1.54) is 6.33 Å². The van der Waals surface area contributed by atoms with Crippen LogP contribution in [0.25, 0.3) is 22.2 Å². The summed E-state index contributed by atoms with van der Waals surface area (Å²) >= 11 is 0. The van der Waals surface area contributed by atoms with Crippen LogP contribution < -0.4 is 5.32 Å². The molecule has 0 aliphatic heterocycles. The molecule has 0 saturated heterocycles. The van der Waals surface area contributed by atoms with Gasteiger partial charge in [0.2, 0.25) is 0 Å². The van der Waals surface area contributed by atoms with Gasteiger partial charge in [-0.3, -0.25) is 4.79 Å². The smallest absolute Gasteiger partial charge is 0.185 e. The van der Waals surface area contributed by atoms with Gasteiger partial charge in [-0.05, 0) is 48.5 Å². The van der Waals surface area contributed by atoms with Crippen LogP contribution in [0.2, 0.25) is 0 Å². The summed E-state index contributed by atoms with van der Waals surface area (Å²) in [5, 5.41) is 4.12. The van der Waals surface area contributed by atoms with Crippen LogP contribution >= 0.6 is 0 Å². The van der Waals surface area contributed by atoms with Crippen molar-refractivity contribution in [3.63, 3.8) is 0 Å². The maximum absolute atomic E-state index is 10.8. The molecule has 5 heteroatoms. The molecule has 4 aromatic rings. The summed E-state index contributed by atoms with van der Waals surface area (Å²) in [5.41, 5.74) is 3.25. The van der Waals surface area contributed by atoms with E-state index in [4.69, 9.17) is 10.8 Å². The van der Waals surface area contributed by atoms with Crippen LogP contribution in [0, 0.1) is 12.3 Å². The molecule has 26 heavy (non-hydrogen) atoms. The minimum Gasteiger partial charge on any atom is -0.453 e. The Morgan fingerprint density at radius 1 is 1.08 bits per heavy atom. The first-order valence-electron chi connectivity index (χ1n) is 7.90. The van der Waals surface area contributed by atoms with Gasteiger partial charge >= 0.3 is 0 Å². The van der Waals surface area contributed by atoms with E-state index in [0.717, 1.165) is 27.7 Å². The number of hydrogen-bond donors (Lipinski definition) is 1. The van der Waals surface area contributed by atoms with Gasteiger partial charge in [-0.15, -0.1) is 6.42 Å². The molecule has 5 nitrogen and oxygen atoms in total. The number of fused-ring (bicyclic) bond motifs is 1. The molecule has 0 amide bonds. The van der Waals surface area contributed by atoms with Gasteiger partial charge in [0.25, 0.3) is 0 Å². The average Bonchev–Trinajstić information content (AvgIpc) is 3.17. The molecular formula is C21H13N3O2. The molecule has 0 aliphatic rings. The Kier molecular flexibility index (Phi) is 3.92. The zero-order valence-electron chi connectivity index (χ0n) is 13.6. The van der Waals surface area contributed by atoms with E-state index in [0.29, 0.717) is 17.9 Å². The van der Waals surface area contributed by atoms with Crippen molar-refractivity contribution in [1.82, 2.24) is 9.97 Å². The Bertz CT molecular complexity index is 1160. The number of furan rings is 1. The van der Waals surface area contributed by atoms with Crippen molar-refractivity contribution in [2.75, 3.05) is 5.32 Å². The summed E-state index contributed by atoms with van der Waals surface area (Å²) < 4.78 is 5.50.